The van der Waals surface area contributed by atoms with Gasteiger partial charge in [0.1, 0.15) is 0 Å². The average Bonchev–Trinajstić information content (AvgIpc) is 2.35. The third-order valence-corrected chi connectivity index (χ3v) is 2.74. The molecule has 5 nitrogen and oxygen atoms in total. The van der Waals surface area contributed by atoms with Crippen molar-refractivity contribution in [3.8, 4) is 0 Å². The maximum absolute atomic E-state index is 12.2. The number of carbonyl (C=O) groups is 1. The fourth-order valence-electron chi connectivity index (χ4n) is 1.90. The number of amides is 2. The molecular weight excluding hydrogens is 256 g/mol. The Labute approximate surface area is 120 Å². The highest BCUT2D eigenvalue weighted by Crippen LogP contribution is 2.13. The van der Waals surface area contributed by atoms with Crippen molar-refractivity contribution in [2.24, 2.45) is 0 Å². The van der Waals surface area contributed by atoms with Crippen LogP contribution in [0.5, 0.6) is 0 Å². The van der Waals surface area contributed by atoms with Gasteiger partial charge in [-0.1, -0.05) is 12.1 Å². The average molecular weight is 280 g/mol. The van der Waals surface area contributed by atoms with Crippen LogP contribution in [-0.2, 0) is 11.3 Å². The third kappa shape index (κ3) is 5.59. The van der Waals surface area contributed by atoms with Crippen LogP contribution in [0.1, 0.15) is 26.3 Å². The van der Waals surface area contributed by atoms with Gasteiger partial charge in [-0.15, -0.1) is 0 Å². The Balaban J connectivity index is 2.70. The number of rotatable bonds is 6. The zero-order chi connectivity index (χ0) is 15.2. The molecule has 0 radical (unpaired) electrons. The summed E-state index contributed by atoms with van der Waals surface area (Å²) in [6.45, 7) is 6.57. The summed E-state index contributed by atoms with van der Waals surface area (Å²) in [5, 5.41) is 12.6. The highest BCUT2D eigenvalue weighted by molar-refractivity contribution is 5.89. The number of anilines is 1. The molecule has 1 aromatic rings. The van der Waals surface area contributed by atoms with Crippen molar-refractivity contribution in [3.63, 3.8) is 0 Å². The van der Waals surface area contributed by atoms with Gasteiger partial charge in [0.2, 0.25) is 0 Å². The Morgan fingerprint density at radius 3 is 2.70 bits per heavy atom. The lowest BCUT2D eigenvalue weighted by Crippen LogP contribution is -2.44. The van der Waals surface area contributed by atoms with E-state index in [4.69, 9.17) is 4.74 Å². The molecule has 0 saturated heterocycles. The molecule has 0 aliphatic carbocycles. The fourth-order valence-corrected chi connectivity index (χ4v) is 1.90. The van der Waals surface area contributed by atoms with Crippen LogP contribution in [0.2, 0.25) is 0 Å². The number of ether oxygens (including phenoxy) is 1. The Bertz CT molecular complexity index is 441. The minimum atomic E-state index is -0.911. The van der Waals surface area contributed by atoms with Gasteiger partial charge >= 0.3 is 6.03 Å². The van der Waals surface area contributed by atoms with Crippen molar-refractivity contribution in [1.29, 1.82) is 0 Å². The molecule has 0 aliphatic heterocycles. The largest absolute Gasteiger partial charge is 0.389 e. The first kappa shape index (κ1) is 16.5. The number of nitrogens with one attached hydrogen (secondary N) is 1. The molecule has 5 heteroatoms. The van der Waals surface area contributed by atoms with Gasteiger partial charge in [-0.25, -0.2) is 4.79 Å². The van der Waals surface area contributed by atoms with Crippen LogP contribution >= 0.6 is 0 Å². The van der Waals surface area contributed by atoms with Crippen molar-refractivity contribution in [2.75, 3.05) is 25.5 Å². The molecule has 1 aromatic carbocycles. The van der Waals surface area contributed by atoms with Gasteiger partial charge < -0.3 is 20.1 Å². The van der Waals surface area contributed by atoms with E-state index in [1.165, 1.54) is 0 Å². The van der Waals surface area contributed by atoms with E-state index < -0.39 is 5.60 Å². The maximum atomic E-state index is 12.2. The lowest BCUT2D eigenvalue weighted by molar-refractivity contribution is 0.0501. The number of hydrogen-bond donors (Lipinski definition) is 2. The van der Waals surface area contributed by atoms with Gasteiger partial charge in [-0.2, -0.15) is 0 Å². The summed E-state index contributed by atoms with van der Waals surface area (Å²) in [6.07, 6.45) is 0. The van der Waals surface area contributed by atoms with Crippen molar-refractivity contribution >= 4 is 11.7 Å². The second kappa shape index (κ2) is 7.26. The van der Waals surface area contributed by atoms with Gasteiger partial charge in [-0.05, 0) is 38.5 Å². The van der Waals surface area contributed by atoms with E-state index in [1.54, 1.807) is 25.9 Å². The second-order valence-electron chi connectivity index (χ2n) is 5.39. The van der Waals surface area contributed by atoms with Crippen LogP contribution in [0.4, 0.5) is 10.5 Å². The van der Waals surface area contributed by atoms with Crippen LogP contribution in [0.15, 0.2) is 24.3 Å². The van der Waals surface area contributed by atoms with Crippen LogP contribution < -0.4 is 5.32 Å². The monoisotopic (exact) mass is 280 g/mol. The highest BCUT2D eigenvalue weighted by Gasteiger charge is 2.21. The minimum Gasteiger partial charge on any atom is -0.389 e. The molecule has 2 amide bonds. The lowest BCUT2D eigenvalue weighted by Gasteiger charge is -2.28. The quantitative estimate of drug-likeness (QED) is 0.841. The van der Waals surface area contributed by atoms with E-state index in [0.29, 0.717) is 13.2 Å². The maximum Gasteiger partial charge on any atom is 0.321 e. The summed E-state index contributed by atoms with van der Waals surface area (Å²) in [5.74, 6) is 0. The number of benzene rings is 1. The molecule has 0 heterocycles. The van der Waals surface area contributed by atoms with E-state index in [1.807, 2.05) is 31.2 Å². The van der Waals surface area contributed by atoms with Crippen LogP contribution in [0.3, 0.4) is 0 Å². The van der Waals surface area contributed by atoms with Crippen LogP contribution in [0.25, 0.3) is 0 Å². The predicted molar refractivity (Wildman–Crippen MR) is 79.7 cm³/mol. The Morgan fingerprint density at radius 1 is 1.45 bits per heavy atom. The van der Waals surface area contributed by atoms with E-state index in [-0.39, 0.29) is 12.6 Å². The number of nitrogens with zero attached hydrogens (tertiary/aromatic N) is 1. The van der Waals surface area contributed by atoms with Crippen molar-refractivity contribution in [1.82, 2.24) is 4.90 Å². The van der Waals surface area contributed by atoms with Crippen LogP contribution in [0, 0.1) is 0 Å². The second-order valence-corrected chi connectivity index (χ2v) is 5.39. The first-order valence-electron chi connectivity index (χ1n) is 6.72. The highest BCUT2D eigenvalue weighted by atomic mass is 16.5. The van der Waals surface area contributed by atoms with Gasteiger partial charge in [0.05, 0.1) is 18.8 Å². The molecule has 0 aromatic heterocycles. The zero-order valence-electron chi connectivity index (χ0n) is 12.6. The first-order valence-corrected chi connectivity index (χ1v) is 6.72. The number of methoxy groups -OCH3 is 1. The molecule has 0 fully saturated rings. The van der Waals surface area contributed by atoms with Crippen molar-refractivity contribution in [2.45, 2.75) is 33.0 Å². The summed E-state index contributed by atoms with van der Waals surface area (Å²) in [4.78, 5) is 13.7. The van der Waals surface area contributed by atoms with E-state index in [0.717, 1.165) is 11.3 Å². The molecule has 20 heavy (non-hydrogen) atoms. The fraction of sp³-hybridized carbons (Fsp3) is 0.533. The molecule has 2 N–H and O–H groups in total. The minimum absolute atomic E-state index is 0.218. The SMILES string of the molecule is CCN(CC(C)(C)O)C(=O)Nc1cccc(COC)c1. The molecule has 0 saturated carbocycles. The summed E-state index contributed by atoms with van der Waals surface area (Å²) < 4.78 is 5.07. The molecular formula is C15H24N2O3. The Morgan fingerprint density at radius 2 is 2.15 bits per heavy atom. The molecule has 0 unspecified atom stereocenters. The van der Waals surface area contributed by atoms with E-state index in [2.05, 4.69) is 5.32 Å². The summed E-state index contributed by atoms with van der Waals surface area (Å²) in [7, 11) is 1.63. The number of aliphatic hydroxyl groups is 1. The number of urea groups is 1. The Kier molecular flexibility index (Phi) is 5.98. The molecule has 112 valence electrons. The van der Waals surface area contributed by atoms with E-state index in [9.17, 15) is 9.90 Å². The summed E-state index contributed by atoms with van der Waals surface area (Å²) >= 11 is 0. The zero-order valence-corrected chi connectivity index (χ0v) is 12.6. The third-order valence-electron chi connectivity index (χ3n) is 2.74. The standard InChI is InChI=1S/C15H24N2O3/c1-5-17(11-15(2,3)19)14(18)16-13-8-6-7-12(9-13)10-20-4/h6-9,19H,5,10-11H2,1-4H3,(H,16,18). The van der Waals surface area contributed by atoms with Crippen molar-refractivity contribution < 1.29 is 14.6 Å². The normalized spacial score (nSPS) is 11.2. The topological polar surface area (TPSA) is 61.8 Å². The van der Waals surface area contributed by atoms with Crippen LogP contribution in [-0.4, -0.2) is 41.8 Å². The first-order chi connectivity index (χ1) is 9.35. The summed E-state index contributed by atoms with van der Waals surface area (Å²) in [5.41, 5.74) is 0.806. The molecule has 1 rings (SSSR count). The molecule has 0 aliphatic rings. The van der Waals surface area contributed by atoms with E-state index >= 15 is 0 Å². The predicted octanol–water partition coefficient (Wildman–Crippen LogP) is 2.46. The molecule has 0 spiro atoms. The number of hydrogen-bond acceptors (Lipinski definition) is 3. The van der Waals surface area contributed by atoms with Gasteiger partial charge in [0.15, 0.2) is 0 Å². The number of likely N-dealkylation sites (N-methyl/N-ethyl adjacent to an activating group) is 1. The molecule has 0 atom stereocenters. The van der Waals surface area contributed by atoms with Crippen molar-refractivity contribution in [3.05, 3.63) is 29.8 Å². The smallest absolute Gasteiger partial charge is 0.321 e. The Hall–Kier alpha value is -1.59. The number of carbonyl (C=O) groups excluding carboxylic acids is 1. The van der Waals surface area contributed by atoms with Gasteiger partial charge in [-0.3, -0.25) is 0 Å². The van der Waals surface area contributed by atoms with Gasteiger partial charge in [0, 0.05) is 19.3 Å². The molecule has 0 bridgehead atoms. The lowest BCUT2D eigenvalue weighted by atomic mass is 10.1. The summed E-state index contributed by atoms with van der Waals surface area (Å²) in [6, 6.07) is 7.29. The van der Waals surface area contributed by atoms with Gasteiger partial charge in [0.25, 0.3) is 0 Å².